The molecule has 0 unspecified atom stereocenters. The number of amidine groups is 1. The van der Waals surface area contributed by atoms with Crippen molar-refractivity contribution in [2.75, 3.05) is 11.9 Å². The molecule has 3 rings (SSSR count). The molecule has 1 aliphatic carbocycles. The molecule has 20 heavy (non-hydrogen) atoms. The van der Waals surface area contributed by atoms with Gasteiger partial charge in [-0.3, -0.25) is 0 Å². The van der Waals surface area contributed by atoms with E-state index in [4.69, 9.17) is 27.9 Å². The summed E-state index contributed by atoms with van der Waals surface area (Å²) >= 11 is 12.3. The van der Waals surface area contributed by atoms with E-state index >= 15 is 0 Å². The maximum absolute atomic E-state index is 6.13. The molecule has 110 valence electrons. The van der Waals surface area contributed by atoms with Crippen molar-refractivity contribution in [3.63, 3.8) is 0 Å². The lowest BCUT2D eigenvalue weighted by Crippen LogP contribution is -2.38. The molecule has 1 aliphatic heterocycles. The number of benzene rings is 1. The van der Waals surface area contributed by atoms with Crippen molar-refractivity contribution in [1.29, 1.82) is 0 Å². The summed E-state index contributed by atoms with van der Waals surface area (Å²) in [4.78, 5) is 4.46. The summed E-state index contributed by atoms with van der Waals surface area (Å²) in [6.07, 6.45) is 5.14. The number of rotatable bonds is 1. The van der Waals surface area contributed by atoms with Gasteiger partial charge in [-0.1, -0.05) is 35.7 Å². The number of aliphatic imine (C=N–C) groups is 1. The highest BCUT2D eigenvalue weighted by Crippen LogP contribution is 2.33. The number of hydrogen-bond donors (Lipinski definition) is 1. The van der Waals surface area contributed by atoms with Gasteiger partial charge in [0.25, 0.3) is 6.02 Å². The molecule has 0 radical (unpaired) electrons. The summed E-state index contributed by atoms with van der Waals surface area (Å²) in [7, 11) is 0. The van der Waals surface area contributed by atoms with Gasteiger partial charge in [0.15, 0.2) is 0 Å². The average Bonchev–Trinajstić information content (AvgIpc) is 2.43. The number of para-hydroxylation sites is 1. The second-order valence-electron chi connectivity index (χ2n) is 5.07. The first kappa shape index (κ1) is 15.7. The Bertz CT molecular complexity index is 487. The fourth-order valence-electron chi connectivity index (χ4n) is 2.71. The van der Waals surface area contributed by atoms with Crippen LogP contribution in [-0.4, -0.2) is 18.7 Å². The standard InChI is InChI=1S/C14H16Cl2N2O.ClH/c15-10-5-3-6-11(16)13(10)18-14-17-8-9-4-1-2-7-12(9)19-14;/h3,5-6,9,12H,1-2,4,7-8H2,(H,17,18);1H/t9-,12+;/m1./s1. The van der Waals surface area contributed by atoms with E-state index in [1.54, 1.807) is 12.1 Å². The van der Waals surface area contributed by atoms with Crippen LogP contribution in [0, 0.1) is 5.92 Å². The third-order valence-corrected chi connectivity index (χ3v) is 4.40. The van der Waals surface area contributed by atoms with Crippen molar-refractivity contribution in [1.82, 2.24) is 0 Å². The number of nitrogens with zero attached hydrogens (tertiary/aromatic N) is 1. The van der Waals surface area contributed by atoms with Gasteiger partial charge in [-0.25, -0.2) is 4.99 Å². The van der Waals surface area contributed by atoms with Crippen molar-refractivity contribution in [3.05, 3.63) is 28.2 Å². The second kappa shape index (κ2) is 6.88. The highest BCUT2D eigenvalue weighted by molar-refractivity contribution is 6.39. The SMILES string of the molecule is Cl.Clc1cccc(Cl)c1NC1=NC[C@H]2CCCC[C@@H]2O1. The lowest BCUT2D eigenvalue weighted by molar-refractivity contribution is 0.0718. The molecule has 0 spiro atoms. The molecule has 1 aromatic carbocycles. The Balaban J connectivity index is 0.00000147. The minimum Gasteiger partial charge on any atom is -0.461 e. The van der Waals surface area contributed by atoms with E-state index in [1.807, 2.05) is 6.07 Å². The van der Waals surface area contributed by atoms with Crippen molar-refractivity contribution in [3.8, 4) is 0 Å². The molecule has 1 fully saturated rings. The highest BCUT2D eigenvalue weighted by atomic mass is 35.5. The highest BCUT2D eigenvalue weighted by Gasteiger charge is 2.31. The number of nitrogens with one attached hydrogen (secondary N) is 1. The molecule has 2 aliphatic rings. The van der Waals surface area contributed by atoms with Crippen LogP contribution in [0.5, 0.6) is 0 Å². The lowest BCUT2D eigenvalue weighted by atomic mass is 9.86. The molecule has 3 nitrogen and oxygen atoms in total. The van der Waals surface area contributed by atoms with E-state index in [0.29, 0.717) is 27.7 Å². The predicted octanol–water partition coefficient (Wildman–Crippen LogP) is 4.77. The molecule has 2 atom stereocenters. The van der Waals surface area contributed by atoms with E-state index < -0.39 is 0 Å². The molecule has 1 aromatic rings. The maximum Gasteiger partial charge on any atom is 0.289 e. The van der Waals surface area contributed by atoms with Crippen LogP contribution in [0.2, 0.25) is 10.0 Å². The van der Waals surface area contributed by atoms with Crippen LogP contribution in [-0.2, 0) is 4.74 Å². The molecule has 0 bridgehead atoms. The average molecular weight is 336 g/mol. The van der Waals surface area contributed by atoms with Gasteiger partial charge in [-0.15, -0.1) is 12.4 Å². The van der Waals surface area contributed by atoms with Crippen LogP contribution in [0.3, 0.4) is 0 Å². The van der Waals surface area contributed by atoms with Gasteiger partial charge in [-0.05, 0) is 31.4 Å². The minimum atomic E-state index is 0. The minimum absolute atomic E-state index is 0. The number of ether oxygens (including phenoxy) is 1. The summed E-state index contributed by atoms with van der Waals surface area (Å²) in [6.45, 7) is 0.828. The summed E-state index contributed by atoms with van der Waals surface area (Å²) in [5, 5.41) is 4.26. The van der Waals surface area contributed by atoms with Crippen LogP contribution in [0.25, 0.3) is 0 Å². The Kier molecular flexibility index (Phi) is 5.42. The zero-order valence-electron chi connectivity index (χ0n) is 10.9. The quantitative estimate of drug-likeness (QED) is 0.802. The summed E-state index contributed by atoms with van der Waals surface area (Å²) < 4.78 is 5.93. The Morgan fingerprint density at radius 3 is 2.60 bits per heavy atom. The summed E-state index contributed by atoms with van der Waals surface area (Å²) in [5.41, 5.74) is 0.666. The number of halogens is 3. The normalized spacial score (nSPS) is 24.8. The van der Waals surface area contributed by atoms with Crippen molar-refractivity contribution in [2.24, 2.45) is 10.9 Å². The van der Waals surface area contributed by atoms with Crippen LogP contribution in [0.4, 0.5) is 5.69 Å². The first-order valence-corrected chi connectivity index (χ1v) is 7.42. The van der Waals surface area contributed by atoms with E-state index in [2.05, 4.69) is 10.3 Å². The van der Waals surface area contributed by atoms with Crippen LogP contribution in [0.1, 0.15) is 25.7 Å². The first-order chi connectivity index (χ1) is 9.24. The van der Waals surface area contributed by atoms with Gasteiger partial charge in [-0.2, -0.15) is 0 Å². The Hall–Kier alpha value is -0.640. The third-order valence-electron chi connectivity index (χ3n) is 3.77. The molecule has 1 saturated carbocycles. The first-order valence-electron chi connectivity index (χ1n) is 6.66. The fraction of sp³-hybridized carbons (Fsp3) is 0.500. The number of fused-ring (bicyclic) bond motifs is 1. The molecule has 1 N–H and O–H groups in total. The van der Waals surface area contributed by atoms with Crippen LogP contribution < -0.4 is 5.32 Å². The van der Waals surface area contributed by atoms with E-state index in [0.717, 1.165) is 13.0 Å². The van der Waals surface area contributed by atoms with Crippen molar-refractivity contribution < 1.29 is 4.74 Å². The Labute approximate surface area is 135 Å². The molecule has 6 heteroatoms. The molecule has 0 saturated heterocycles. The number of hydrogen-bond acceptors (Lipinski definition) is 3. The zero-order valence-corrected chi connectivity index (χ0v) is 13.3. The van der Waals surface area contributed by atoms with Gasteiger partial charge < -0.3 is 10.1 Å². The molecule has 0 aromatic heterocycles. The lowest BCUT2D eigenvalue weighted by Gasteiger charge is -2.34. The van der Waals surface area contributed by atoms with Gasteiger partial charge in [0.1, 0.15) is 6.10 Å². The predicted molar refractivity (Wildman–Crippen MR) is 86.5 cm³/mol. The molecule has 1 heterocycles. The molecular formula is C14H17Cl3N2O. The van der Waals surface area contributed by atoms with Gasteiger partial charge in [0.2, 0.25) is 0 Å². The fourth-order valence-corrected chi connectivity index (χ4v) is 3.20. The van der Waals surface area contributed by atoms with Crippen LogP contribution in [0.15, 0.2) is 23.2 Å². The third kappa shape index (κ3) is 3.33. The van der Waals surface area contributed by atoms with Gasteiger partial charge in [0.05, 0.1) is 22.3 Å². The molecular weight excluding hydrogens is 319 g/mol. The second-order valence-corrected chi connectivity index (χ2v) is 5.88. The zero-order chi connectivity index (χ0) is 13.2. The summed E-state index contributed by atoms with van der Waals surface area (Å²) in [6, 6.07) is 5.94. The van der Waals surface area contributed by atoms with Crippen molar-refractivity contribution >= 4 is 47.3 Å². The topological polar surface area (TPSA) is 33.6 Å². The Morgan fingerprint density at radius 2 is 1.85 bits per heavy atom. The van der Waals surface area contributed by atoms with E-state index in [9.17, 15) is 0 Å². The van der Waals surface area contributed by atoms with E-state index in [-0.39, 0.29) is 18.5 Å². The maximum atomic E-state index is 6.13. The van der Waals surface area contributed by atoms with Crippen molar-refractivity contribution in [2.45, 2.75) is 31.8 Å². The number of anilines is 1. The van der Waals surface area contributed by atoms with Crippen LogP contribution >= 0.6 is 35.6 Å². The monoisotopic (exact) mass is 334 g/mol. The van der Waals surface area contributed by atoms with Gasteiger partial charge >= 0.3 is 0 Å². The largest absolute Gasteiger partial charge is 0.461 e. The smallest absolute Gasteiger partial charge is 0.289 e. The van der Waals surface area contributed by atoms with E-state index in [1.165, 1.54) is 19.3 Å². The Morgan fingerprint density at radius 1 is 1.15 bits per heavy atom. The van der Waals surface area contributed by atoms with Gasteiger partial charge in [0, 0.05) is 5.92 Å². The summed E-state index contributed by atoms with van der Waals surface area (Å²) in [5.74, 6) is 0.570. The molecule has 0 amide bonds.